The van der Waals surface area contributed by atoms with Crippen LogP contribution in [0, 0.1) is 0 Å². The number of fused-ring (bicyclic) bond motifs is 2. The molecule has 100 valence electrons. The van der Waals surface area contributed by atoms with Gasteiger partial charge in [-0.25, -0.2) is 4.98 Å². The second kappa shape index (κ2) is 5.34. The summed E-state index contributed by atoms with van der Waals surface area (Å²) >= 11 is 0. The molecule has 3 rings (SSSR count). The highest BCUT2D eigenvalue weighted by Crippen LogP contribution is 2.33. The molecule has 1 N–H and O–H groups in total. The fourth-order valence-corrected chi connectivity index (χ4v) is 2.13. The van der Waals surface area contributed by atoms with E-state index in [2.05, 4.69) is 23.3 Å². The zero-order valence-electron chi connectivity index (χ0n) is 11.1. The summed E-state index contributed by atoms with van der Waals surface area (Å²) in [6.45, 7) is 4.48. The lowest BCUT2D eigenvalue weighted by molar-refractivity contribution is 0.297. The minimum absolute atomic E-state index is 0.701. The molecular weight excluding hydrogens is 240 g/mol. The van der Waals surface area contributed by atoms with E-state index in [1.807, 2.05) is 18.2 Å². The highest BCUT2D eigenvalue weighted by molar-refractivity contribution is 5.84. The average Bonchev–Trinajstić information content (AvgIpc) is 2.67. The van der Waals surface area contributed by atoms with Gasteiger partial charge in [0.15, 0.2) is 11.5 Å². The molecule has 0 bridgehead atoms. The Kier molecular flexibility index (Phi) is 3.40. The van der Waals surface area contributed by atoms with Crippen molar-refractivity contribution in [3.05, 3.63) is 24.3 Å². The highest BCUT2D eigenvalue weighted by Gasteiger charge is 2.12. The van der Waals surface area contributed by atoms with Crippen molar-refractivity contribution < 1.29 is 9.47 Å². The molecule has 1 aliphatic heterocycles. The number of benzene rings is 1. The number of nitrogens with one attached hydrogen (secondary N) is 1. The standard InChI is InChI=1S/C15H18N2O2/c1-2-6-16-15-5-4-11-9-13-14(10-12(11)17-15)19-8-3-7-18-13/h4-5,9-10H,2-3,6-8H2,1H3,(H,16,17). The Labute approximate surface area is 112 Å². The SMILES string of the molecule is CCCNc1ccc2cc3c(cc2n1)OCCCO3. The van der Waals surface area contributed by atoms with E-state index in [0.29, 0.717) is 13.2 Å². The van der Waals surface area contributed by atoms with Crippen molar-refractivity contribution >= 4 is 16.7 Å². The van der Waals surface area contributed by atoms with Gasteiger partial charge in [0.2, 0.25) is 0 Å². The van der Waals surface area contributed by atoms with Gasteiger partial charge in [-0.1, -0.05) is 6.92 Å². The van der Waals surface area contributed by atoms with Gasteiger partial charge in [0, 0.05) is 24.4 Å². The number of nitrogens with zero attached hydrogens (tertiary/aromatic N) is 1. The lowest BCUT2D eigenvalue weighted by Gasteiger charge is -2.10. The van der Waals surface area contributed by atoms with E-state index >= 15 is 0 Å². The fourth-order valence-electron chi connectivity index (χ4n) is 2.13. The second-order valence-electron chi connectivity index (χ2n) is 4.67. The lowest BCUT2D eigenvalue weighted by atomic mass is 10.2. The summed E-state index contributed by atoms with van der Waals surface area (Å²) in [5.41, 5.74) is 0.936. The van der Waals surface area contributed by atoms with E-state index in [-0.39, 0.29) is 0 Å². The third kappa shape index (κ3) is 2.57. The first-order valence-corrected chi connectivity index (χ1v) is 6.81. The fraction of sp³-hybridized carbons (Fsp3) is 0.400. The van der Waals surface area contributed by atoms with Crippen molar-refractivity contribution in [1.82, 2.24) is 4.98 Å². The molecule has 1 aromatic heterocycles. The Bertz CT molecular complexity index is 584. The number of hydrogen-bond donors (Lipinski definition) is 1. The predicted octanol–water partition coefficient (Wildman–Crippen LogP) is 3.22. The molecule has 0 atom stereocenters. The van der Waals surface area contributed by atoms with E-state index in [0.717, 1.165) is 47.6 Å². The van der Waals surface area contributed by atoms with Gasteiger partial charge in [0.1, 0.15) is 5.82 Å². The van der Waals surface area contributed by atoms with Crippen molar-refractivity contribution in [1.29, 1.82) is 0 Å². The number of pyridine rings is 1. The van der Waals surface area contributed by atoms with Gasteiger partial charge in [0.05, 0.1) is 18.7 Å². The molecule has 0 aliphatic carbocycles. The Morgan fingerprint density at radius 2 is 1.95 bits per heavy atom. The lowest BCUT2D eigenvalue weighted by Crippen LogP contribution is -2.01. The van der Waals surface area contributed by atoms with Gasteiger partial charge in [0.25, 0.3) is 0 Å². The molecule has 0 saturated heterocycles. The molecule has 19 heavy (non-hydrogen) atoms. The Balaban J connectivity index is 1.98. The number of ether oxygens (including phenoxy) is 2. The van der Waals surface area contributed by atoms with E-state index in [1.54, 1.807) is 0 Å². The minimum atomic E-state index is 0.701. The van der Waals surface area contributed by atoms with Gasteiger partial charge >= 0.3 is 0 Å². The summed E-state index contributed by atoms with van der Waals surface area (Å²) in [5, 5.41) is 4.37. The van der Waals surface area contributed by atoms with Crippen LogP contribution in [0.5, 0.6) is 11.5 Å². The largest absolute Gasteiger partial charge is 0.490 e. The second-order valence-corrected chi connectivity index (χ2v) is 4.67. The van der Waals surface area contributed by atoms with Gasteiger partial charge in [-0.2, -0.15) is 0 Å². The number of aromatic nitrogens is 1. The first-order chi connectivity index (χ1) is 9.36. The van der Waals surface area contributed by atoms with Crippen molar-refractivity contribution in [2.75, 3.05) is 25.1 Å². The first kappa shape index (κ1) is 12.1. The smallest absolute Gasteiger partial charge is 0.163 e. The summed E-state index contributed by atoms with van der Waals surface area (Å²) in [5.74, 6) is 2.52. The monoisotopic (exact) mass is 258 g/mol. The molecule has 0 unspecified atom stereocenters. The molecule has 0 saturated carbocycles. The molecule has 2 heterocycles. The summed E-state index contributed by atoms with van der Waals surface area (Å²) in [4.78, 5) is 4.60. The number of rotatable bonds is 3. The molecule has 0 radical (unpaired) electrons. The molecule has 0 spiro atoms. The van der Waals surface area contributed by atoms with E-state index in [4.69, 9.17) is 9.47 Å². The topological polar surface area (TPSA) is 43.4 Å². The molecule has 1 aliphatic rings. The summed E-state index contributed by atoms with van der Waals surface area (Å²) in [6.07, 6.45) is 2.00. The summed E-state index contributed by atoms with van der Waals surface area (Å²) < 4.78 is 11.4. The van der Waals surface area contributed by atoms with Gasteiger partial charge in [-0.05, 0) is 24.6 Å². The van der Waals surface area contributed by atoms with Crippen molar-refractivity contribution in [2.24, 2.45) is 0 Å². The van der Waals surface area contributed by atoms with Crippen molar-refractivity contribution in [3.63, 3.8) is 0 Å². The molecular formula is C15H18N2O2. The average molecular weight is 258 g/mol. The molecule has 0 amide bonds. The Hall–Kier alpha value is -1.97. The molecule has 4 nitrogen and oxygen atoms in total. The van der Waals surface area contributed by atoms with Crippen LogP contribution in [-0.2, 0) is 0 Å². The highest BCUT2D eigenvalue weighted by atomic mass is 16.5. The molecule has 4 heteroatoms. The van der Waals surface area contributed by atoms with Gasteiger partial charge in [-0.3, -0.25) is 0 Å². The van der Waals surface area contributed by atoms with Crippen LogP contribution < -0.4 is 14.8 Å². The minimum Gasteiger partial charge on any atom is -0.490 e. The van der Waals surface area contributed by atoms with Crippen molar-refractivity contribution in [3.8, 4) is 11.5 Å². The van der Waals surface area contributed by atoms with Crippen LogP contribution >= 0.6 is 0 Å². The number of anilines is 1. The third-order valence-corrected chi connectivity index (χ3v) is 3.11. The van der Waals surface area contributed by atoms with Gasteiger partial charge < -0.3 is 14.8 Å². The zero-order valence-corrected chi connectivity index (χ0v) is 11.1. The van der Waals surface area contributed by atoms with Crippen LogP contribution in [0.4, 0.5) is 5.82 Å². The maximum atomic E-state index is 5.69. The van der Waals surface area contributed by atoms with Crippen molar-refractivity contribution in [2.45, 2.75) is 19.8 Å². The maximum absolute atomic E-state index is 5.69. The van der Waals surface area contributed by atoms with Crippen LogP contribution in [-0.4, -0.2) is 24.7 Å². The van der Waals surface area contributed by atoms with Crippen LogP contribution in [0.2, 0.25) is 0 Å². The number of hydrogen-bond acceptors (Lipinski definition) is 4. The Morgan fingerprint density at radius 1 is 1.16 bits per heavy atom. The third-order valence-electron chi connectivity index (χ3n) is 3.11. The summed E-state index contributed by atoms with van der Waals surface area (Å²) in [6, 6.07) is 8.04. The normalized spacial score (nSPS) is 14.2. The van der Waals surface area contributed by atoms with Crippen LogP contribution in [0.15, 0.2) is 24.3 Å². The van der Waals surface area contributed by atoms with E-state index in [9.17, 15) is 0 Å². The van der Waals surface area contributed by atoms with E-state index < -0.39 is 0 Å². The molecule has 2 aromatic rings. The predicted molar refractivity (Wildman–Crippen MR) is 76.1 cm³/mol. The van der Waals surface area contributed by atoms with E-state index in [1.165, 1.54) is 0 Å². The van der Waals surface area contributed by atoms with Crippen LogP contribution in [0.1, 0.15) is 19.8 Å². The maximum Gasteiger partial charge on any atom is 0.163 e. The molecule has 1 aromatic carbocycles. The summed E-state index contributed by atoms with van der Waals surface area (Å²) in [7, 11) is 0. The van der Waals surface area contributed by atoms with Crippen LogP contribution in [0.3, 0.4) is 0 Å². The molecule has 0 fully saturated rings. The van der Waals surface area contributed by atoms with Crippen LogP contribution in [0.25, 0.3) is 10.9 Å². The first-order valence-electron chi connectivity index (χ1n) is 6.81. The van der Waals surface area contributed by atoms with Gasteiger partial charge in [-0.15, -0.1) is 0 Å². The zero-order chi connectivity index (χ0) is 13.1. The Morgan fingerprint density at radius 3 is 2.74 bits per heavy atom. The quantitative estimate of drug-likeness (QED) is 0.918.